The first-order valence-corrected chi connectivity index (χ1v) is 14.6. The van der Waals surface area contributed by atoms with Crippen molar-refractivity contribution in [3.8, 4) is 16.3 Å². The first-order chi connectivity index (χ1) is 18.9. The molecule has 0 spiro atoms. The molecular weight excluding hydrogens is 540 g/mol. The summed E-state index contributed by atoms with van der Waals surface area (Å²) in [6, 6.07) is 15.8. The number of pyridine rings is 1. The molecule has 13 heteroatoms. The number of rotatable bonds is 12. The number of amides is 1. The van der Waals surface area contributed by atoms with Crippen LogP contribution in [0.3, 0.4) is 0 Å². The van der Waals surface area contributed by atoms with Crippen molar-refractivity contribution in [2.45, 2.75) is 48.5 Å². The molecule has 1 atom stereocenters. The third-order valence-electron chi connectivity index (χ3n) is 6.44. The number of thiophene rings is 1. The van der Waals surface area contributed by atoms with Gasteiger partial charge in [-0.1, -0.05) is 23.4 Å². The Kier molecular flexibility index (Phi) is 8.02. The molecule has 5 rings (SSSR count). The number of methoxy groups -OCH3 is 1. The molecule has 0 radical (unpaired) electrons. The van der Waals surface area contributed by atoms with E-state index in [1.165, 1.54) is 15.6 Å². The SMILES string of the molecule is COc1ccc(C[C@@H](CC(=O)NO)n2cc(CN(C3CC3)S(=O)(=O)c3ccc(-c4ccccn4)s3)nn2)cc1. The number of benzene rings is 1. The van der Waals surface area contributed by atoms with Gasteiger partial charge in [0.25, 0.3) is 10.0 Å². The van der Waals surface area contributed by atoms with Gasteiger partial charge in [0, 0.05) is 12.2 Å². The van der Waals surface area contributed by atoms with Gasteiger partial charge in [0.15, 0.2) is 0 Å². The molecule has 0 unspecified atom stereocenters. The van der Waals surface area contributed by atoms with Gasteiger partial charge in [0.2, 0.25) is 5.91 Å². The van der Waals surface area contributed by atoms with Gasteiger partial charge in [-0.25, -0.2) is 18.6 Å². The zero-order valence-electron chi connectivity index (χ0n) is 21.2. The number of nitrogens with one attached hydrogen (secondary N) is 1. The van der Waals surface area contributed by atoms with E-state index < -0.39 is 22.0 Å². The Morgan fingerprint density at radius 3 is 2.67 bits per heavy atom. The molecule has 1 aliphatic rings. The largest absolute Gasteiger partial charge is 0.497 e. The molecule has 1 aliphatic carbocycles. The van der Waals surface area contributed by atoms with Crippen molar-refractivity contribution in [2.24, 2.45) is 0 Å². The van der Waals surface area contributed by atoms with Gasteiger partial charge in [-0.3, -0.25) is 15.0 Å². The van der Waals surface area contributed by atoms with Crippen LogP contribution in [-0.4, -0.2) is 57.0 Å². The maximum atomic E-state index is 13.7. The molecule has 1 fully saturated rings. The first kappa shape index (κ1) is 26.9. The molecule has 0 aliphatic heterocycles. The van der Waals surface area contributed by atoms with Crippen molar-refractivity contribution in [1.29, 1.82) is 0 Å². The van der Waals surface area contributed by atoms with Gasteiger partial charge in [-0.2, -0.15) is 4.31 Å². The van der Waals surface area contributed by atoms with Gasteiger partial charge < -0.3 is 4.74 Å². The molecule has 2 N–H and O–H groups in total. The monoisotopic (exact) mass is 568 g/mol. The van der Waals surface area contributed by atoms with E-state index in [0.29, 0.717) is 17.9 Å². The summed E-state index contributed by atoms with van der Waals surface area (Å²) < 4.78 is 35.8. The molecule has 39 heavy (non-hydrogen) atoms. The fourth-order valence-electron chi connectivity index (χ4n) is 4.27. The lowest BCUT2D eigenvalue weighted by atomic mass is 10.0. The number of carbonyl (C=O) groups is 1. The van der Waals surface area contributed by atoms with Gasteiger partial charge in [0.1, 0.15) is 9.96 Å². The van der Waals surface area contributed by atoms with Crippen LogP contribution in [0.4, 0.5) is 0 Å². The molecule has 11 nitrogen and oxygen atoms in total. The van der Waals surface area contributed by atoms with Crippen LogP contribution in [0, 0.1) is 0 Å². The summed E-state index contributed by atoms with van der Waals surface area (Å²) in [7, 11) is -2.19. The normalized spacial score (nSPS) is 14.3. The smallest absolute Gasteiger partial charge is 0.253 e. The summed E-state index contributed by atoms with van der Waals surface area (Å²) in [4.78, 5) is 17.1. The standard InChI is InChI=1S/C26H28N6O5S2/c1-37-22-9-5-18(6-10-22)14-21(15-25(33)29-34)31-16-19(28-30-31)17-32(20-7-8-20)39(35,36)26-12-11-24(38-26)23-4-2-3-13-27-23/h2-6,9-13,16,20-21,34H,7-8,14-15,17H2,1H3,(H,29,33)/t21-/m0/s1. The summed E-state index contributed by atoms with van der Waals surface area (Å²) in [6.07, 6.45) is 5.30. The number of hydrogen-bond acceptors (Lipinski definition) is 9. The van der Waals surface area contributed by atoms with Crippen molar-refractivity contribution in [3.05, 3.63) is 78.2 Å². The van der Waals surface area contributed by atoms with Crippen LogP contribution in [0.1, 0.15) is 36.6 Å². The molecule has 4 aromatic rings. The lowest BCUT2D eigenvalue weighted by Crippen LogP contribution is -2.32. The molecule has 1 amide bonds. The fourth-order valence-corrected chi connectivity index (χ4v) is 7.34. The van der Waals surface area contributed by atoms with Crippen LogP contribution in [0.5, 0.6) is 5.75 Å². The number of aromatic nitrogens is 4. The summed E-state index contributed by atoms with van der Waals surface area (Å²) in [5.41, 5.74) is 3.80. The van der Waals surface area contributed by atoms with E-state index in [-0.39, 0.29) is 23.2 Å². The summed E-state index contributed by atoms with van der Waals surface area (Å²) in [5.74, 6) is 0.153. The second-order valence-corrected chi connectivity index (χ2v) is 12.5. The quantitative estimate of drug-likeness (QED) is 0.196. The maximum Gasteiger partial charge on any atom is 0.253 e. The highest BCUT2D eigenvalue weighted by Crippen LogP contribution is 2.37. The van der Waals surface area contributed by atoms with E-state index >= 15 is 0 Å². The number of hydrogen-bond donors (Lipinski definition) is 2. The lowest BCUT2D eigenvalue weighted by Gasteiger charge is -2.20. The van der Waals surface area contributed by atoms with E-state index in [9.17, 15) is 13.2 Å². The molecular formula is C26H28N6O5S2. The van der Waals surface area contributed by atoms with Crippen LogP contribution in [0.2, 0.25) is 0 Å². The van der Waals surface area contributed by atoms with Crippen molar-refractivity contribution in [3.63, 3.8) is 0 Å². The molecule has 0 bridgehead atoms. The second-order valence-electron chi connectivity index (χ2n) is 9.25. The highest BCUT2D eigenvalue weighted by atomic mass is 32.2. The molecule has 3 heterocycles. The fraction of sp³-hybridized carbons (Fsp3) is 0.308. The number of sulfonamides is 1. The minimum Gasteiger partial charge on any atom is -0.497 e. The predicted molar refractivity (Wildman–Crippen MR) is 144 cm³/mol. The van der Waals surface area contributed by atoms with Crippen LogP contribution < -0.4 is 10.2 Å². The van der Waals surface area contributed by atoms with Crippen molar-refractivity contribution >= 4 is 27.3 Å². The zero-order valence-corrected chi connectivity index (χ0v) is 22.8. The predicted octanol–water partition coefficient (Wildman–Crippen LogP) is 3.44. The van der Waals surface area contributed by atoms with Crippen LogP contribution in [0.15, 0.2) is 71.2 Å². The zero-order chi connectivity index (χ0) is 27.4. The van der Waals surface area contributed by atoms with Gasteiger partial charge >= 0.3 is 0 Å². The molecule has 3 aromatic heterocycles. The van der Waals surface area contributed by atoms with Crippen LogP contribution >= 0.6 is 11.3 Å². The number of carbonyl (C=O) groups excluding carboxylic acids is 1. The minimum atomic E-state index is -3.77. The number of hydroxylamine groups is 1. The third kappa shape index (κ3) is 6.33. The molecule has 204 valence electrons. The average molecular weight is 569 g/mol. The minimum absolute atomic E-state index is 0.0402. The highest BCUT2D eigenvalue weighted by molar-refractivity contribution is 7.91. The Morgan fingerprint density at radius 1 is 1.21 bits per heavy atom. The van der Waals surface area contributed by atoms with Crippen molar-refractivity contribution in [2.75, 3.05) is 7.11 Å². The topological polar surface area (TPSA) is 140 Å². The number of ether oxygens (including phenoxy) is 1. The Morgan fingerprint density at radius 2 is 2.00 bits per heavy atom. The second kappa shape index (κ2) is 11.6. The van der Waals surface area contributed by atoms with E-state index in [1.807, 2.05) is 42.5 Å². The molecule has 1 aromatic carbocycles. The highest BCUT2D eigenvalue weighted by Gasteiger charge is 2.39. The van der Waals surface area contributed by atoms with Crippen LogP contribution in [-0.2, 0) is 27.8 Å². The van der Waals surface area contributed by atoms with E-state index in [4.69, 9.17) is 9.94 Å². The summed E-state index contributed by atoms with van der Waals surface area (Å²) >= 11 is 1.19. The van der Waals surface area contributed by atoms with E-state index in [1.54, 1.807) is 41.8 Å². The van der Waals surface area contributed by atoms with E-state index in [0.717, 1.165) is 29.0 Å². The van der Waals surface area contributed by atoms with Gasteiger partial charge in [0.05, 0.1) is 48.6 Å². The molecule has 0 saturated heterocycles. The third-order valence-corrected chi connectivity index (χ3v) is 9.92. The Bertz CT molecular complexity index is 1520. The Balaban J connectivity index is 1.36. The summed E-state index contributed by atoms with van der Waals surface area (Å²) in [5, 5.41) is 17.5. The van der Waals surface area contributed by atoms with Crippen molar-refractivity contribution in [1.82, 2.24) is 29.8 Å². The first-order valence-electron chi connectivity index (χ1n) is 12.4. The maximum absolute atomic E-state index is 13.7. The van der Waals surface area contributed by atoms with Crippen LogP contribution in [0.25, 0.3) is 10.6 Å². The molecule has 1 saturated carbocycles. The summed E-state index contributed by atoms with van der Waals surface area (Å²) in [6.45, 7) is 0.0608. The average Bonchev–Trinajstić information content (AvgIpc) is 3.45. The van der Waals surface area contributed by atoms with E-state index in [2.05, 4.69) is 15.3 Å². The van der Waals surface area contributed by atoms with Gasteiger partial charge in [-0.05, 0) is 61.2 Å². The number of nitrogens with zero attached hydrogens (tertiary/aromatic N) is 5. The van der Waals surface area contributed by atoms with Crippen molar-refractivity contribution < 1.29 is 23.2 Å². The Hall–Kier alpha value is -3.65. The van der Waals surface area contributed by atoms with Gasteiger partial charge in [-0.15, -0.1) is 16.4 Å². The lowest BCUT2D eigenvalue weighted by molar-refractivity contribution is -0.130. The Labute approximate surface area is 230 Å².